The lowest BCUT2D eigenvalue weighted by Crippen LogP contribution is -2.41. The summed E-state index contributed by atoms with van der Waals surface area (Å²) in [5, 5.41) is 3.12. The summed E-state index contributed by atoms with van der Waals surface area (Å²) < 4.78 is 0. The van der Waals surface area contributed by atoms with Crippen LogP contribution in [0.5, 0.6) is 0 Å². The van der Waals surface area contributed by atoms with Gasteiger partial charge in [-0.3, -0.25) is 4.79 Å². The number of hydrogen-bond donors (Lipinski definition) is 2. The first kappa shape index (κ1) is 18.7. The zero-order valence-corrected chi connectivity index (χ0v) is 13.7. The van der Waals surface area contributed by atoms with Crippen LogP contribution in [-0.2, 0) is 4.79 Å². The minimum atomic E-state index is 0. The van der Waals surface area contributed by atoms with Crippen LogP contribution in [0, 0.1) is 17.3 Å². The van der Waals surface area contributed by atoms with Crippen molar-refractivity contribution in [2.24, 2.45) is 23.0 Å². The van der Waals surface area contributed by atoms with Gasteiger partial charge in [-0.2, -0.15) is 0 Å². The lowest BCUT2D eigenvalue weighted by Gasteiger charge is -2.30. The van der Waals surface area contributed by atoms with Crippen LogP contribution < -0.4 is 11.1 Å². The van der Waals surface area contributed by atoms with E-state index in [1.165, 1.54) is 0 Å². The largest absolute Gasteiger partial charge is 0.355 e. The fraction of sp³-hybridized carbons (Fsp3) is 0.933. The van der Waals surface area contributed by atoms with Crippen molar-refractivity contribution < 1.29 is 4.79 Å². The van der Waals surface area contributed by atoms with Crippen LogP contribution in [0.2, 0.25) is 0 Å². The molecule has 4 heteroatoms. The first-order chi connectivity index (χ1) is 8.30. The number of nitrogens with two attached hydrogens (primary N) is 1. The molecule has 0 aromatic rings. The SMILES string of the molecule is CC(C)CC(C)(C)CNC(=O)C1CCCC(N)C1.Cl. The molecule has 1 saturated carbocycles. The topological polar surface area (TPSA) is 55.1 Å². The monoisotopic (exact) mass is 290 g/mol. The van der Waals surface area contributed by atoms with Crippen LogP contribution in [0.1, 0.15) is 59.8 Å². The van der Waals surface area contributed by atoms with E-state index in [0.29, 0.717) is 5.92 Å². The maximum Gasteiger partial charge on any atom is 0.223 e. The molecule has 19 heavy (non-hydrogen) atoms. The molecule has 1 amide bonds. The van der Waals surface area contributed by atoms with Crippen LogP contribution in [0.25, 0.3) is 0 Å². The molecule has 0 radical (unpaired) electrons. The Kier molecular flexibility index (Phi) is 7.99. The summed E-state index contributed by atoms with van der Waals surface area (Å²) >= 11 is 0. The fourth-order valence-corrected chi connectivity index (χ4v) is 3.11. The van der Waals surface area contributed by atoms with Crippen molar-refractivity contribution >= 4 is 18.3 Å². The van der Waals surface area contributed by atoms with E-state index in [2.05, 4.69) is 33.0 Å². The Hall–Kier alpha value is -0.280. The number of amides is 1. The number of nitrogens with one attached hydrogen (secondary N) is 1. The van der Waals surface area contributed by atoms with Gasteiger partial charge in [0.15, 0.2) is 0 Å². The van der Waals surface area contributed by atoms with Crippen LogP contribution in [0.4, 0.5) is 0 Å². The standard InChI is InChI=1S/C15H30N2O.ClH/c1-11(2)9-15(3,4)10-17-14(18)12-6-5-7-13(16)8-12;/h11-13H,5-10,16H2,1-4H3,(H,17,18);1H. The summed E-state index contributed by atoms with van der Waals surface area (Å²) in [5.41, 5.74) is 6.11. The average molecular weight is 291 g/mol. The number of carbonyl (C=O) groups excluding carboxylic acids is 1. The maximum atomic E-state index is 12.1. The first-order valence-electron chi connectivity index (χ1n) is 7.33. The second-order valence-corrected chi connectivity index (χ2v) is 7.10. The molecule has 2 atom stereocenters. The molecule has 0 aliphatic heterocycles. The van der Waals surface area contributed by atoms with E-state index in [-0.39, 0.29) is 35.7 Å². The Bertz CT molecular complexity index is 279. The maximum absolute atomic E-state index is 12.1. The summed E-state index contributed by atoms with van der Waals surface area (Å²) in [5.74, 6) is 1.02. The van der Waals surface area contributed by atoms with Gasteiger partial charge in [-0.25, -0.2) is 0 Å². The summed E-state index contributed by atoms with van der Waals surface area (Å²) in [6.07, 6.45) is 5.16. The molecule has 1 aliphatic carbocycles. The fourth-order valence-electron chi connectivity index (χ4n) is 3.11. The van der Waals surface area contributed by atoms with Crippen molar-refractivity contribution in [1.29, 1.82) is 0 Å². The highest BCUT2D eigenvalue weighted by Gasteiger charge is 2.27. The van der Waals surface area contributed by atoms with Gasteiger partial charge >= 0.3 is 0 Å². The van der Waals surface area contributed by atoms with E-state index in [0.717, 1.165) is 38.6 Å². The molecule has 1 rings (SSSR count). The van der Waals surface area contributed by atoms with E-state index in [1.54, 1.807) is 0 Å². The van der Waals surface area contributed by atoms with E-state index < -0.39 is 0 Å². The van der Waals surface area contributed by atoms with Crippen molar-refractivity contribution in [1.82, 2.24) is 5.32 Å². The molecular formula is C15H31ClN2O. The Morgan fingerprint density at radius 3 is 2.53 bits per heavy atom. The second kappa shape index (κ2) is 8.11. The van der Waals surface area contributed by atoms with E-state index in [1.807, 2.05) is 0 Å². The number of hydrogen-bond acceptors (Lipinski definition) is 2. The van der Waals surface area contributed by atoms with Crippen molar-refractivity contribution in [2.45, 2.75) is 65.8 Å². The third kappa shape index (κ3) is 7.17. The molecule has 0 saturated heterocycles. The molecule has 1 fully saturated rings. The normalized spacial score (nSPS) is 23.9. The molecule has 0 spiro atoms. The number of carbonyl (C=O) groups is 1. The van der Waals surface area contributed by atoms with Crippen LogP contribution in [0.15, 0.2) is 0 Å². The van der Waals surface area contributed by atoms with Crippen molar-refractivity contribution in [2.75, 3.05) is 6.54 Å². The predicted molar refractivity (Wildman–Crippen MR) is 83.4 cm³/mol. The van der Waals surface area contributed by atoms with Gasteiger partial charge in [0, 0.05) is 18.5 Å². The minimum Gasteiger partial charge on any atom is -0.355 e. The summed E-state index contributed by atoms with van der Waals surface area (Å²) in [7, 11) is 0. The van der Waals surface area contributed by atoms with Gasteiger partial charge in [-0.05, 0) is 37.0 Å². The smallest absolute Gasteiger partial charge is 0.223 e. The Morgan fingerprint density at radius 1 is 1.37 bits per heavy atom. The summed E-state index contributed by atoms with van der Waals surface area (Å²) in [6.45, 7) is 9.67. The molecule has 3 N–H and O–H groups in total. The molecule has 0 heterocycles. The molecule has 2 unspecified atom stereocenters. The zero-order chi connectivity index (χ0) is 13.8. The Morgan fingerprint density at radius 2 is 2.00 bits per heavy atom. The van der Waals surface area contributed by atoms with E-state index in [4.69, 9.17) is 5.73 Å². The minimum absolute atomic E-state index is 0. The third-order valence-corrected chi connectivity index (χ3v) is 3.79. The van der Waals surface area contributed by atoms with E-state index in [9.17, 15) is 4.79 Å². The number of rotatable bonds is 5. The van der Waals surface area contributed by atoms with Gasteiger partial charge in [0.1, 0.15) is 0 Å². The predicted octanol–water partition coefficient (Wildman–Crippen LogP) is 3.11. The van der Waals surface area contributed by atoms with Crippen LogP contribution >= 0.6 is 12.4 Å². The lowest BCUT2D eigenvalue weighted by molar-refractivity contribution is -0.126. The zero-order valence-electron chi connectivity index (χ0n) is 12.9. The van der Waals surface area contributed by atoms with Crippen molar-refractivity contribution in [3.05, 3.63) is 0 Å². The Labute approximate surface area is 124 Å². The second-order valence-electron chi connectivity index (χ2n) is 7.10. The van der Waals surface area contributed by atoms with Gasteiger partial charge in [0.25, 0.3) is 0 Å². The van der Waals surface area contributed by atoms with Crippen molar-refractivity contribution in [3.8, 4) is 0 Å². The van der Waals surface area contributed by atoms with Crippen molar-refractivity contribution in [3.63, 3.8) is 0 Å². The highest BCUT2D eigenvalue weighted by Crippen LogP contribution is 2.26. The summed E-state index contributed by atoms with van der Waals surface area (Å²) in [6, 6.07) is 0.221. The molecule has 1 aliphatic rings. The van der Waals surface area contributed by atoms with Gasteiger partial charge in [0.05, 0.1) is 0 Å². The van der Waals surface area contributed by atoms with Gasteiger partial charge in [-0.1, -0.05) is 34.1 Å². The van der Waals surface area contributed by atoms with Gasteiger partial charge < -0.3 is 11.1 Å². The molecule has 0 aromatic carbocycles. The molecule has 0 aromatic heterocycles. The first-order valence-corrected chi connectivity index (χ1v) is 7.33. The summed E-state index contributed by atoms with van der Waals surface area (Å²) in [4.78, 5) is 12.1. The molecule has 3 nitrogen and oxygen atoms in total. The Balaban J connectivity index is 0.00000324. The third-order valence-electron chi connectivity index (χ3n) is 3.79. The van der Waals surface area contributed by atoms with Gasteiger partial charge in [-0.15, -0.1) is 12.4 Å². The highest BCUT2D eigenvalue weighted by atomic mass is 35.5. The van der Waals surface area contributed by atoms with Crippen LogP contribution in [-0.4, -0.2) is 18.5 Å². The molecular weight excluding hydrogens is 260 g/mol. The quantitative estimate of drug-likeness (QED) is 0.817. The molecule has 114 valence electrons. The number of halogens is 1. The lowest BCUT2D eigenvalue weighted by atomic mass is 9.83. The van der Waals surface area contributed by atoms with Gasteiger partial charge in [0.2, 0.25) is 5.91 Å². The average Bonchev–Trinajstić information content (AvgIpc) is 2.24. The van der Waals surface area contributed by atoms with Crippen LogP contribution in [0.3, 0.4) is 0 Å². The highest BCUT2D eigenvalue weighted by molar-refractivity contribution is 5.85. The molecule has 0 bridgehead atoms. The van der Waals surface area contributed by atoms with E-state index >= 15 is 0 Å².